The molecule has 0 saturated heterocycles. The van der Waals surface area contributed by atoms with Crippen molar-refractivity contribution in [2.75, 3.05) is 11.9 Å². The second kappa shape index (κ2) is 4.89. The number of hydrogen-bond donors (Lipinski definition) is 1. The third-order valence-electron chi connectivity index (χ3n) is 2.39. The van der Waals surface area contributed by atoms with Gasteiger partial charge in [-0.2, -0.15) is 5.26 Å². The summed E-state index contributed by atoms with van der Waals surface area (Å²) in [6.45, 7) is 2.76. The molecule has 1 N–H and O–H groups in total. The summed E-state index contributed by atoms with van der Waals surface area (Å²) in [5.41, 5.74) is 3.54. The Kier molecular flexibility index (Phi) is 3.31. The molecule has 3 nitrogen and oxygen atoms in total. The topological polar surface area (TPSA) is 48.2 Å². The summed E-state index contributed by atoms with van der Waals surface area (Å²) in [4.78, 5) is 4.93. The van der Waals surface area contributed by atoms with Crippen molar-refractivity contribution in [1.29, 1.82) is 5.26 Å². The van der Waals surface area contributed by atoms with Gasteiger partial charge in [-0.1, -0.05) is 12.2 Å². The van der Waals surface area contributed by atoms with E-state index in [1.54, 1.807) is 12.1 Å². The zero-order chi connectivity index (χ0) is 12.3. The molecule has 1 aliphatic rings. The van der Waals surface area contributed by atoms with Gasteiger partial charge in [-0.25, -0.2) is 0 Å². The van der Waals surface area contributed by atoms with Gasteiger partial charge in [-0.3, -0.25) is 4.99 Å². The van der Waals surface area contributed by atoms with E-state index in [1.165, 1.54) is 5.57 Å². The van der Waals surface area contributed by atoms with Gasteiger partial charge < -0.3 is 5.32 Å². The molecule has 0 atom stereocenters. The van der Waals surface area contributed by atoms with Crippen LogP contribution in [-0.4, -0.2) is 17.2 Å². The zero-order valence-electron chi connectivity index (χ0n) is 9.40. The van der Waals surface area contributed by atoms with E-state index >= 15 is 0 Å². The van der Waals surface area contributed by atoms with Gasteiger partial charge in [0.2, 0.25) is 0 Å². The van der Waals surface area contributed by atoms with Gasteiger partial charge in [0.25, 0.3) is 0 Å². The number of aliphatic imine (C=N–C) groups is 1. The van der Waals surface area contributed by atoms with Crippen LogP contribution in [0.25, 0.3) is 0 Å². The summed E-state index contributed by atoms with van der Waals surface area (Å²) in [6.07, 6.45) is 1.99. The molecule has 1 heterocycles. The molecule has 0 radical (unpaired) electrons. The van der Waals surface area contributed by atoms with Crippen LogP contribution in [0.3, 0.4) is 0 Å². The van der Waals surface area contributed by atoms with Gasteiger partial charge in [0.05, 0.1) is 23.9 Å². The van der Waals surface area contributed by atoms with Crippen molar-refractivity contribution >= 4 is 28.6 Å². The van der Waals surface area contributed by atoms with Crippen LogP contribution in [0.1, 0.15) is 12.5 Å². The van der Waals surface area contributed by atoms with E-state index in [-0.39, 0.29) is 0 Å². The minimum Gasteiger partial charge on any atom is -0.345 e. The fourth-order valence-electron chi connectivity index (χ4n) is 1.50. The van der Waals surface area contributed by atoms with E-state index in [9.17, 15) is 0 Å². The Labute approximate surface area is 105 Å². The number of nitrogens with zero attached hydrogens (tertiary/aromatic N) is 2. The summed E-state index contributed by atoms with van der Waals surface area (Å²) in [7, 11) is 0. The first-order valence-corrected chi connectivity index (χ1v) is 5.63. The van der Waals surface area contributed by atoms with Gasteiger partial charge in [-0.15, -0.1) is 0 Å². The first-order valence-electron chi connectivity index (χ1n) is 5.22. The predicted octanol–water partition coefficient (Wildman–Crippen LogP) is 2.70. The average Bonchev–Trinajstić information content (AvgIpc) is 2.77. The van der Waals surface area contributed by atoms with Crippen LogP contribution in [0.2, 0.25) is 0 Å². The standard InChI is InChI=1S/C13H11N3S/c1-9-6-12(15-8-9)13(17)16-11-4-2-10(7-14)3-5-11/h2-6H,8H2,1H3,(H,16,17). The highest BCUT2D eigenvalue weighted by Gasteiger charge is 2.09. The number of thiocarbonyl (C=S) groups is 1. The highest BCUT2D eigenvalue weighted by molar-refractivity contribution is 7.82. The second-order valence-corrected chi connectivity index (χ2v) is 4.24. The van der Waals surface area contributed by atoms with Crippen LogP contribution < -0.4 is 5.32 Å². The molecule has 2 rings (SSSR count). The SMILES string of the molecule is CC1=CC(C(=S)Nc2ccc(C#N)cc2)=NC1. The molecule has 0 bridgehead atoms. The first-order chi connectivity index (χ1) is 8.19. The number of nitrogens with one attached hydrogen (secondary N) is 1. The average molecular weight is 241 g/mol. The molecular formula is C13H11N3S. The van der Waals surface area contributed by atoms with Gasteiger partial charge in [0.15, 0.2) is 0 Å². The molecular weight excluding hydrogens is 230 g/mol. The Morgan fingerprint density at radius 3 is 2.65 bits per heavy atom. The van der Waals surface area contributed by atoms with Crippen molar-refractivity contribution in [1.82, 2.24) is 0 Å². The normalized spacial score (nSPS) is 13.6. The summed E-state index contributed by atoms with van der Waals surface area (Å²) >= 11 is 5.26. The molecule has 1 aromatic carbocycles. The Balaban J connectivity index is 2.06. The summed E-state index contributed by atoms with van der Waals surface area (Å²) in [5.74, 6) is 0. The Bertz CT molecular complexity index is 547. The minimum absolute atomic E-state index is 0.617. The molecule has 1 aromatic rings. The fraction of sp³-hybridized carbons (Fsp3) is 0.154. The molecule has 0 spiro atoms. The van der Waals surface area contributed by atoms with Crippen molar-refractivity contribution in [2.45, 2.75) is 6.92 Å². The molecule has 0 aliphatic carbocycles. The lowest BCUT2D eigenvalue weighted by molar-refractivity contribution is 1.18. The lowest BCUT2D eigenvalue weighted by Crippen LogP contribution is -2.17. The third-order valence-corrected chi connectivity index (χ3v) is 2.70. The third kappa shape index (κ3) is 2.77. The first kappa shape index (κ1) is 11.5. The fourth-order valence-corrected chi connectivity index (χ4v) is 1.74. The van der Waals surface area contributed by atoms with E-state index in [0.29, 0.717) is 10.6 Å². The number of rotatable bonds is 2. The van der Waals surface area contributed by atoms with Crippen molar-refractivity contribution in [2.24, 2.45) is 4.99 Å². The number of anilines is 1. The second-order valence-electron chi connectivity index (χ2n) is 3.84. The summed E-state index contributed by atoms with van der Waals surface area (Å²) < 4.78 is 0. The van der Waals surface area contributed by atoms with Crippen molar-refractivity contribution in [3.63, 3.8) is 0 Å². The van der Waals surface area contributed by atoms with E-state index < -0.39 is 0 Å². The van der Waals surface area contributed by atoms with Gasteiger partial charge in [0, 0.05) is 5.69 Å². The Hall–Kier alpha value is -1.99. The molecule has 0 saturated carbocycles. The van der Waals surface area contributed by atoms with E-state index in [0.717, 1.165) is 17.9 Å². The smallest absolute Gasteiger partial charge is 0.129 e. The number of nitriles is 1. The molecule has 0 amide bonds. The number of hydrogen-bond acceptors (Lipinski definition) is 3. The minimum atomic E-state index is 0.617. The van der Waals surface area contributed by atoms with Crippen molar-refractivity contribution in [3.05, 3.63) is 41.5 Å². The Morgan fingerprint density at radius 2 is 2.12 bits per heavy atom. The van der Waals surface area contributed by atoms with Crippen molar-refractivity contribution < 1.29 is 0 Å². The maximum Gasteiger partial charge on any atom is 0.129 e. The molecule has 0 fully saturated rings. The largest absolute Gasteiger partial charge is 0.345 e. The van der Waals surface area contributed by atoms with Crippen LogP contribution in [0.5, 0.6) is 0 Å². The van der Waals surface area contributed by atoms with Crippen molar-refractivity contribution in [3.8, 4) is 6.07 Å². The molecule has 17 heavy (non-hydrogen) atoms. The van der Waals surface area contributed by atoms with E-state index in [2.05, 4.69) is 16.4 Å². The van der Waals surface area contributed by atoms with Crippen LogP contribution in [-0.2, 0) is 0 Å². The highest BCUT2D eigenvalue weighted by atomic mass is 32.1. The van der Waals surface area contributed by atoms with Crippen LogP contribution in [0.4, 0.5) is 5.69 Å². The van der Waals surface area contributed by atoms with Gasteiger partial charge in [0.1, 0.15) is 4.99 Å². The maximum atomic E-state index is 8.69. The number of benzene rings is 1. The molecule has 84 valence electrons. The molecule has 0 unspecified atom stereocenters. The lowest BCUT2D eigenvalue weighted by atomic mass is 10.2. The van der Waals surface area contributed by atoms with Crippen LogP contribution in [0.15, 0.2) is 40.9 Å². The van der Waals surface area contributed by atoms with Gasteiger partial charge in [-0.05, 0) is 42.8 Å². The van der Waals surface area contributed by atoms with E-state index in [4.69, 9.17) is 17.5 Å². The van der Waals surface area contributed by atoms with Gasteiger partial charge >= 0.3 is 0 Å². The quantitative estimate of drug-likeness (QED) is 0.810. The Morgan fingerprint density at radius 1 is 1.41 bits per heavy atom. The summed E-state index contributed by atoms with van der Waals surface area (Å²) in [6, 6.07) is 9.24. The maximum absolute atomic E-state index is 8.69. The summed E-state index contributed by atoms with van der Waals surface area (Å²) in [5, 5.41) is 11.8. The predicted molar refractivity (Wildman–Crippen MR) is 73.4 cm³/mol. The monoisotopic (exact) mass is 241 g/mol. The molecule has 4 heteroatoms. The lowest BCUT2D eigenvalue weighted by Gasteiger charge is -2.06. The van der Waals surface area contributed by atoms with Crippen LogP contribution in [0, 0.1) is 11.3 Å². The van der Waals surface area contributed by atoms with E-state index in [1.807, 2.05) is 25.1 Å². The molecule has 0 aromatic heterocycles. The molecule has 1 aliphatic heterocycles. The van der Waals surface area contributed by atoms with Crippen LogP contribution >= 0.6 is 12.2 Å². The zero-order valence-corrected chi connectivity index (χ0v) is 10.2. The highest BCUT2D eigenvalue weighted by Crippen LogP contribution is 2.11.